The van der Waals surface area contributed by atoms with Crippen molar-refractivity contribution in [2.24, 2.45) is 0 Å². The minimum atomic E-state index is -3.44. The number of carbonyl (C=O) groups is 2. The molecule has 0 saturated heterocycles. The smallest absolute Gasteiger partial charge is 0.419 e. The van der Waals surface area contributed by atoms with Gasteiger partial charge >= 0.3 is 6.09 Å². The molecule has 0 spiro atoms. The molecule has 0 bridgehead atoms. The molecule has 0 fully saturated rings. The van der Waals surface area contributed by atoms with E-state index in [2.05, 4.69) is 5.32 Å². The standard InChI is InChI=1S/C25H30FN3O6S/c1-14-18-10-15(6-9-22(18)36(33,34)29(14)13-21(30)23(31)27-5)19-12-28(24(32)35-25(2,3)4)20-11-16(26)7-8-17(19)20/h6-12,14,21,30,33-34H,13H2,1-5H3,(H,27,31). The lowest BCUT2D eigenvalue weighted by molar-refractivity contribution is -0.129. The molecule has 1 aromatic heterocycles. The van der Waals surface area contributed by atoms with Crippen molar-refractivity contribution in [2.45, 2.75) is 50.3 Å². The SMILES string of the molecule is CNC(=O)C(O)CN1C(C)c2cc(-c3cn(C(=O)OC(C)(C)C)c4cc(F)ccc34)ccc2S1(O)O. The van der Waals surface area contributed by atoms with E-state index in [0.717, 1.165) is 0 Å². The number of hydrogen-bond donors (Lipinski definition) is 4. The van der Waals surface area contributed by atoms with Crippen LogP contribution in [0.15, 0.2) is 47.5 Å². The van der Waals surface area contributed by atoms with Crippen LogP contribution in [0.3, 0.4) is 0 Å². The zero-order chi connectivity index (χ0) is 26.6. The van der Waals surface area contributed by atoms with Gasteiger partial charge in [-0.15, -0.1) is 10.8 Å². The predicted octanol–water partition coefficient (Wildman–Crippen LogP) is 4.74. The van der Waals surface area contributed by atoms with Crippen LogP contribution < -0.4 is 5.32 Å². The molecule has 2 aromatic carbocycles. The van der Waals surface area contributed by atoms with Gasteiger partial charge in [0, 0.05) is 24.2 Å². The highest BCUT2D eigenvalue weighted by Gasteiger charge is 2.42. The van der Waals surface area contributed by atoms with Crippen LogP contribution in [0.4, 0.5) is 9.18 Å². The molecule has 1 amide bonds. The van der Waals surface area contributed by atoms with Gasteiger partial charge in [-0.2, -0.15) is 4.31 Å². The minimum absolute atomic E-state index is 0.273. The van der Waals surface area contributed by atoms with Crippen molar-refractivity contribution >= 4 is 33.7 Å². The molecule has 11 heteroatoms. The Labute approximate surface area is 210 Å². The zero-order valence-electron chi connectivity index (χ0n) is 20.7. The highest BCUT2D eigenvalue weighted by Crippen LogP contribution is 2.63. The Hall–Kier alpha value is -2.96. The number of aliphatic hydroxyl groups is 1. The molecule has 1 aliphatic rings. The van der Waals surface area contributed by atoms with Crippen LogP contribution in [0.5, 0.6) is 0 Å². The fraction of sp³-hybridized carbons (Fsp3) is 0.360. The summed E-state index contributed by atoms with van der Waals surface area (Å²) in [6.45, 7) is 6.70. The van der Waals surface area contributed by atoms with Crippen LogP contribution in [0, 0.1) is 5.82 Å². The van der Waals surface area contributed by atoms with E-state index < -0.39 is 46.3 Å². The third kappa shape index (κ3) is 4.60. The first-order valence-electron chi connectivity index (χ1n) is 11.4. The molecule has 2 unspecified atom stereocenters. The average Bonchev–Trinajstić information content (AvgIpc) is 3.26. The van der Waals surface area contributed by atoms with Gasteiger partial charge in [0.25, 0.3) is 0 Å². The second-order valence-corrected chi connectivity index (χ2v) is 11.7. The number of ether oxygens (including phenoxy) is 1. The number of aliphatic hydroxyl groups excluding tert-OH is 1. The summed E-state index contributed by atoms with van der Waals surface area (Å²) < 4.78 is 44.1. The molecule has 3 aromatic rings. The van der Waals surface area contributed by atoms with E-state index in [9.17, 15) is 28.2 Å². The minimum Gasteiger partial charge on any atom is -0.443 e. The Balaban J connectivity index is 1.78. The summed E-state index contributed by atoms with van der Waals surface area (Å²) in [5.41, 5.74) is 1.50. The van der Waals surface area contributed by atoms with Gasteiger partial charge in [-0.25, -0.2) is 9.18 Å². The summed E-state index contributed by atoms with van der Waals surface area (Å²) in [6, 6.07) is 8.67. The molecule has 36 heavy (non-hydrogen) atoms. The predicted molar refractivity (Wildman–Crippen MR) is 135 cm³/mol. The van der Waals surface area contributed by atoms with Gasteiger partial charge in [-0.05, 0) is 69.2 Å². The molecular formula is C25H30FN3O6S. The molecule has 9 nitrogen and oxygen atoms in total. The zero-order valence-corrected chi connectivity index (χ0v) is 21.5. The average molecular weight is 520 g/mol. The first kappa shape index (κ1) is 26.1. The van der Waals surface area contributed by atoms with E-state index in [-0.39, 0.29) is 6.54 Å². The summed E-state index contributed by atoms with van der Waals surface area (Å²) in [7, 11) is -2.06. The fourth-order valence-electron chi connectivity index (χ4n) is 4.37. The molecule has 0 aliphatic carbocycles. The molecule has 194 valence electrons. The van der Waals surface area contributed by atoms with E-state index in [1.165, 1.54) is 28.1 Å². The number of rotatable bonds is 4. The fourth-order valence-corrected chi connectivity index (χ4v) is 6.32. The molecule has 1 aliphatic heterocycles. The third-order valence-corrected chi connectivity index (χ3v) is 8.17. The Kier molecular flexibility index (Phi) is 6.65. The number of fused-ring (bicyclic) bond motifs is 2. The summed E-state index contributed by atoms with van der Waals surface area (Å²) in [5, 5.41) is 13.1. The van der Waals surface area contributed by atoms with Gasteiger partial charge in [0.1, 0.15) is 17.5 Å². The Bertz CT molecular complexity index is 1350. The molecule has 4 rings (SSSR count). The molecule has 0 radical (unpaired) electrons. The van der Waals surface area contributed by atoms with Crippen molar-refractivity contribution in [3.63, 3.8) is 0 Å². The topological polar surface area (TPSA) is 124 Å². The lowest BCUT2D eigenvalue weighted by Gasteiger charge is -2.39. The Morgan fingerprint density at radius 1 is 1.19 bits per heavy atom. The summed E-state index contributed by atoms with van der Waals surface area (Å²) in [6.07, 6.45) is -0.522. The second kappa shape index (κ2) is 9.16. The van der Waals surface area contributed by atoms with Crippen LogP contribution in [-0.2, 0) is 9.53 Å². The number of nitrogens with zero attached hydrogens (tertiary/aromatic N) is 2. The van der Waals surface area contributed by atoms with Crippen LogP contribution >= 0.6 is 10.8 Å². The highest BCUT2D eigenvalue weighted by molar-refractivity contribution is 8.22. The summed E-state index contributed by atoms with van der Waals surface area (Å²) >= 11 is 0. The largest absolute Gasteiger partial charge is 0.443 e. The quantitative estimate of drug-likeness (QED) is 0.393. The van der Waals surface area contributed by atoms with Gasteiger partial charge in [0.2, 0.25) is 5.91 Å². The number of likely N-dealkylation sites (N-methyl/N-ethyl adjacent to an activating group) is 1. The van der Waals surface area contributed by atoms with Crippen molar-refractivity contribution in [2.75, 3.05) is 13.6 Å². The normalized spacial score (nSPS) is 19.1. The molecular weight excluding hydrogens is 489 g/mol. The number of carbonyl (C=O) groups excluding carboxylic acids is 2. The van der Waals surface area contributed by atoms with Crippen LogP contribution in [0.25, 0.3) is 22.0 Å². The molecule has 4 N–H and O–H groups in total. The van der Waals surface area contributed by atoms with Crippen LogP contribution in [0.1, 0.15) is 39.3 Å². The maximum atomic E-state index is 14.1. The van der Waals surface area contributed by atoms with Crippen molar-refractivity contribution in [3.05, 3.63) is 54.0 Å². The van der Waals surface area contributed by atoms with E-state index in [1.807, 2.05) is 0 Å². The summed E-state index contributed by atoms with van der Waals surface area (Å²) in [5.74, 6) is -1.13. The van der Waals surface area contributed by atoms with E-state index in [4.69, 9.17) is 4.74 Å². The number of aromatic nitrogens is 1. The first-order chi connectivity index (χ1) is 16.7. The van der Waals surface area contributed by atoms with Gasteiger partial charge in [0.05, 0.1) is 23.0 Å². The van der Waals surface area contributed by atoms with Crippen molar-refractivity contribution in [3.8, 4) is 11.1 Å². The lowest BCUT2D eigenvalue weighted by Crippen LogP contribution is -2.41. The number of nitrogens with one attached hydrogen (secondary N) is 1. The second-order valence-electron chi connectivity index (χ2n) is 9.73. The third-order valence-electron chi connectivity index (χ3n) is 6.08. The maximum Gasteiger partial charge on any atom is 0.419 e. The van der Waals surface area contributed by atoms with E-state index in [1.54, 1.807) is 58.2 Å². The van der Waals surface area contributed by atoms with E-state index in [0.29, 0.717) is 32.5 Å². The van der Waals surface area contributed by atoms with Crippen LogP contribution in [0.2, 0.25) is 0 Å². The number of hydrogen-bond acceptors (Lipinski definition) is 7. The maximum absolute atomic E-state index is 14.1. The Morgan fingerprint density at radius 2 is 1.89 bits per heavy atom. The van der Waals surface area contributed by atoms with Crippen LogP contribution in [-0.4, -0.2) is 60.4 Å². The number of halogens is 1. The molecule has 2 heterocycles. The number of amides is 1. The summed E-state index contributed by atoms with van der Waals surface area (Å²) in [4.78, 5) is 25.0. The highest BCUT2D eigenvalue weighted by atomic mass is 32.3. The number of benzene rings is 2. The Morgan fingerprint density at radius 3 is 2.53 bits per heavy atom. The van der Waals surface area contributed by atoms with Gasteiger partial charge < -0.3 is 15.2 Å². The van der Waals surface area contributed by atoms with Crippen molar-refractivity contribution in [1.82, 2.24) is 14.2 Å². The lowest BCUT2D eigenvalue weighted by atomic mass is 9.99. The first-order valence-corrected chi connectivity index (χ1v) is 12.9. The van der Waals surface area contributed by atoms with Gasteiger partial charge in [-0.3, -0.25) is 18.5 Å². The molecule has 0 saturated carbocycles. The molecule has 2 atom stereocenters. The van der Waals surface area contributed by atoms with Gasteiger partial charge in [-0.1, -0.05) is 6.07 Å². The number of β-amino-alcohol motifs (C(OH)–C–C–N with tert-alkyl or cyclic N) is 1. The monoisotopic (exact) mass is 519 g/mol. The van der Waals surface area contributed by atoms with Crippen molar-refractivity contribution < 1.29 is 32.9 Å². The van der Waals surface area contributed by atoms with E-state index >= 15 is 0 Å². The van der Waals surface area contributed by atoms with Crippen molar-refractivity contribution in [1.29, 1.82) is 0 Å². The van der Waals surface area contributed by atoms with Gasteiger partial charge in [0.15, 0.2) is 0 Å².